The first kappa shape index (κ1) is 11.8. The van der Waals surface area contributed by atoms with Crippen LogP contribution in [0.25, 0.3) is 0 Å². The van der Waals surface area contributed by atoms with Crippen molar-refractivity contribution in [3.05, 3.63) is 46.9 Å². The van der Waals surface area contributed by atoms with Crippen LogP contribution in [0.15, 0.2) is 24.4 Å². The van der Waals surface area contributed by atoms with Crippen molar-refractivity contribution in [3.63, 3.8) is 0 Å². The minimum Gasteiger partial charge on any atom is -0.306 e. The van der Waals surface area contributed by atoms with Gasteiger partial charge in [0.15, 0.2) is 0 Å². The highest BCUT2D eigenvalue weighted by Crippen LogP contribution is 2.14. The fourth-order valence-electron chi connectivity index (χ4n) is 1.45. The number of hydrogen-bond donors (Lipinski definition) is 2. The number of nitrogens with one attached hydrogen (secondary N) is 2. The number of aromatic amines is 1. The standard InChI is InChI=1S/C12H9FN4O/c1-7-2-3-9(10(13)4-7)12(18)16-11-8(5-14)6-15-17-11/h2-4,6H,1H3,(H2,15,16,17,18). The first-order valence-corrected chi connectivity index (χ1v) is 5.13. The van der Waals surface area contributed by atoms with Gasteiger partial charge in [-0.1, -0.05) is 6.07 Å². The molecular weight excluding hydrogens is 235 g/mol. The number of aryl methyl sites for hydroxylation is 1. The van der Waals surface area contributed by atoms with Crippen LogP contribution in [0.1, 0.15) is 21.5 Å². The zero-order valence-corrected chi connectivity index (χ0v) is 9.49. The van der Waals surface area contributed by atoms with Crippen molar-refractivity contribution in [2.75, 3.05) is 5.32 Å². The van der Waals surface area contributed by atoms with E-state index in [-0.39, 0.29) is 16.9 Å². The second-order valence-corrected chi connectivity index (χ2v) is 3.71. The maximum atomic E-state index is 13.6. The number of hydrogen-bond acceptors (Lipinski definition) is 3. The van der Waals surface area contributed by atoms with Gasteiger partial charge in [0.2, 0.25) is 0 Å². The van der Waals surface area contributed by atoms with Gasteiger partial charge in [0, 0.05) is 0 Å². The van der Waals surface area contributed by atoms with E-state index in [1.807, 2.05) is 6.07 Å². The normalized spacial score (nSPS) is 9.83. The van der Waals surface area contributed by atoms with E-state index >= 15 is 0 Å². The highest BCUT2D eigenvalue weighted by Gasteiger charge is 2.14. The largest absolute Gasteiger partial charge is 0.306 e. The molecule has 0 spiro atoms. The number of halogens is 1. The van der Waals surface area contributed by atoms with Crippen molar-refractivity contribution in [3.8, 4) is 6.07 Å². The van der Waals surface area contributed by atoms with E-state index in [9.17, 15) is 9.18 Å². The van der Waals surface area contributed by atoms with Crippen molar-refractivity contribution in [2.24, 2.45) is 0 Å². The monoisotopic (exact) mass is 244 g/mol. The molecule has 0 atom stereocenters. The lowest BCUT2D eigenvalue weighted by molar-refractivity contribution is 0.102. The number of carbonyl (C=O) groups is 1. The Morgan fingerprint density at radius 2 is 2.33 bits per heavy atom. The number of nitriles is 1. The first-order chi connectivity index (χ1) is 8.61. The molecule has 0 aliphatic heterocycles. The average Bonchev–Trinajstić information content (AvgIpc) is 2.76. The number of carbonyl (C=O) groups excluding carboxylic acids is 1. The summed E-state index contributed by atoms with van der Waals surface area (Å²) in [5.74, 6) is -1.08. The minimum atomic E-state index is -0.631. The number of benzene rings is 1. The van der Waals surface area contributed by atoms with E-state index < -0.39 is 11.7 Å². The van der Waals surface area contributed by atoms with Crippen LogP contribution >= 0.6 is 0 Å². The molecule has 1 amide bonds. The fraction of sp³-hybridized carbons (Fsp3) is 0.0833. The van der Waals surface area contributed by atoms with Crippen LogP contribution in [0.3, 0.4) is 0 Å². The average molecular weight is 244 g/mol. The number of anilines is 1. The van der Waals surface area contributed by atoms with E-state index in [2.05, 4.69) is 15.5 Å². The van der Waals surface area contributed by atoms with Crippen LogP contribution in [0.2, 0.25) is 0 Å². The summed E-state index contributed by atoms with van der Waals surface area (Å²) in [5, 5.41) is 17.2. The number of H-pyrrole nitrogens is 1. The molecule has 0 bridgehead atoms. The summed E-state index contributed by atoms with van der Waals surface area (Å²) < 4.78 is 13.6. The van der Waals surface area contributed by atoms with Crippen molar-refractivity contribution >= 4 is 11.7 Å². The minimum absolute atomic E-state index is 0.0842. The van der Waals surface area contributed by atoms with Crippen LogP contribution in [0, 0.1) is 24.1 Å². The predicted molar refractivity (Wildman–Crippen MR) is 62.4 cm³/mol. The second kappa shape index (κ2) is 4.67. The zero-order valence-electron chi connectivity index (χ0n) is 9.49. The van der Waals surface area contributed by atoms with Gasteiger partial charge in [-0.05, 0) is 24.6 Å². The van der Waals surface area contributed by atoms with Crippen molar-refractivity contribution < 1.29 is 9.18 Å². The van der Waals surface area contributed by atoms with Crippen LogP contribution in [0.5, 0.6) is 0 Å². The molecule has 18 heavy (non-hydrogen) atoms. The molecule has 2 rings (SSSR count). The first-order valence-electron chi connectivity index (χ1n) is 5.13. The summed E-state index contributed by atoms with van der Waals surface area (Å²) in [5.41, 5.74) is 0.832. The molecule has 6 heteroatoms. The Labute approximate surface area is 102 Å². The Bertz CT molecular complexity index is 642. The molecular formula is C12H9FN4O. The van der Waals surface area contributed by atoms with E-state index in [1.165, 1.54) is 18.3 Å². The molecule has 2 N–H and O–H groups in total. The molecule has 5 nitrogen and oxygen atoms in total. The lowest BCUT2D eigenvalue weighted by atomic mass is 10.1. The smallest absolute Gasteiger partial charge is 0.259 e. The van der Waals surface area contributed by atoms with Gasteiger partial charge in [0.25, 0.3) is 5.91 Å². The number of nitrogens with zero attached hydrogens (tertiary/aromatic N) is 2. The van der Waals surface area contributed by atoms with Gasteiger partial charge >= 0.3 is 0 Å². The summed E-state index contributed by atoms with van der Waals surface area (Å²) >= 11 is 0. The predicted octanol–water partition coefficient (Wildman–Crippen LogP) is 1.98. The summed E-state index contributed by atoms with van der Waals surface area (Å²) in [6, 6.07) is 6.15. The van der Waals surface area contributed by atoms with E-state index in [0.717, 1.165) is 5.56 Å². The lowest BCUT2D eigenvalue weighted by Gasteiger charge is -2.04. The van der Waals surface area contributed by atoms with Crippen molar-refractivity contribution in [1.82, 2.24) is 10.2 Å². The molecule has 0 unspecified atom stereocenters. The third-order valence-electron chi connectivity index (χ3n) is 2.37. The molecule has 1 aromatic carbocycles. The number of aromatic nitrogens is 2. The Morgan fingerprint density at radius 1 is 1.56 bits per heavy atom. The SMILES string of the molecule is Cc1ccc(C(=O)Nc2[nH]ncc2C#N)c(F)c1. The summed E-state index contributed by atoms with van der Waals surface area (Å²) in [6.45, 7) is 1.73. The third kappa shape index (κ3) is 2.20. The quantitative estimate of drug-likeness (QED) is 0.847. The zero-order chi connectivity index (χ0) is 13.1. The van der Waals surface area contributed by atoms with E-state index in [1.54, 1.807) is 13.0 Å². The van der Waals surface area contributed by atoms with Gasteiger partial charge in [-0.2, -0.15) is 10.4 Å². The van der Waals surface area contributed by atoms with Crippen LogP contribution in [-0.2, 0) is 0 Å². The summed E-state index contributed by atoms with van der Waals surface area (Å²) in [6.07, 6.45) is 1.28. The summed E-state index contributed by atoms with van der Waals surface area (Å²) in [4.78, 5) is 11.8. The van der Waals surface area contributed by atoms with Crippen LogP contribution < -0.4 is 5.32 Å². The number of rotatable bonds is 2. The molecule has 1 heterocycles. The highest BCUT2D eigenvalue weighted by molar-refractivity contribution is 6.04. The maximum Gasteiger partial charge on any atom is 0.259 e. The topological polar surface area (TPSA) is 81.6 Å². The fourth-order valence-corrected chi connectivity index (χ4v) is 1.45. The molecule has 0 aliphatic rings. The van der Waals surface area contributed by atoms with Gasteiger partial charge in [-0.3, -0.25) is 9.89 Å². The maximum absolute atomic E-state index is 13.6. The van der Waals surface area contributed by atoms with E-state index in [4.69, 9.17) is 5.26 Å². The molecule has 0 saturated carbocycles. The van der Waals surface area contributed by atoms with Crippen LogP contribution in [-0.4, -0.2) is 16.1 Å². The molecule has 0 radical (unpaired) electrons. The second-order valence-electron chi connectivity index (χ2n) is 3.71. The van der Waals surface area contributed by atoms with Crippen molar-refractivity contribution in [1.29, 1.82) is 5.26 Å². The van der Waals surface area contributed by atoms with Gasteiger partial charge in [0.05, 0.1) is 11.8 Å². The molecule has 90 valence electrons. The van der Waals surface area contributed by atoms with Gasteiger partial charge in [-0.15, -0.1) is 0 Å². The Balaban J connectivity index is 2.25. The molecule has 0 aliphatic carbocycles. The molecule has 2 aromatic rings. The van der Waals surface area contributed by atoms with Gasteiger partial charge < -0.3 is 5.32 Å². The Hall–Kier alpha value is -2.68. The number of amides is 1. The lowest BCUT2D eigenvalue weighted by Crippen LogP contribution is -2.14. The molecule has 1 aromatic heterocycles. The van der Waals surface area contributed by atoms with Crippen LogP contribution in [0.4, 0.5) is 10.2 Å². The molecule has 0 fully saturated rings. The van der Waals surface area contributed by atoms with Crippen molar-refractivity contribution in [2.45, 2.75) is 6.92 Å². The summed E-state index contributed by atoms with van der Waals surface area (Å²) in [7, 11) is 0. The third-order valence-corrected chi connectivity index (χ3v) is 2.37. The Kier molecular flexibility index (Phi) is 3.06. The Morgan fingerprint density at radius 3 is 3.00 bits per heavy atom. The van der Waals surface area contributed by atoms with Gasteiger partial charge in [-0.25, -0.2) is 4.39 Å². The van der Waals surface area contributed by atoms with Gasteiger partial charge in [0.1, 0.15) is 23.3 Å². The highest BCUT2D eigenvalue weighted by atomic mass is 19.1. The van der Waals surface area contributed by atoms with E-state index in [0.29, 0.717) is 0 Å². The molecule has 0 saturated heterocycles.